The maximum absolute atomic E-state index is 12.3. The summed E-state index contributed by atoms with van der Waals surface area (Å²) in [4.78, 5) is 3.91. The van der Waals surface area contributed by atoms with Crippen LogP contribution in [0.4, 0.5) is 8.78 Å². The molecular weight excluding hydrogens is 162 g/mol. The molecule has 0 aromatic carbocycles. The van der Waals surface area contributed by atoms with Gasteiger partial charge in [-0.15, -0.1) is 0 Å². The van der Waals surface area contributed by atoms with Crippen LogP contribution in [0.15, 0.2) is 12.1 Å². The highest BCUT2D eigenvalue weighted by molar-refractivity contribution is 5.23. The highest BCUT2D eigenvalue weighted by Crippen LogP contribution is 2.21. The van der Waals surface area contributed by atoms with Gasteiger partial charge in [-0.2, -0.15) is 0 Å². The number of nitrogens with two attached hydrogens (primary N) is 1. The van der Waals surface area contributed by atoms with Crippen molar-refractivity contribution in [1.29, 1.82) is 0 Å². The molecule has 12 heavy (non-hydrogen) atoms. The van der Waals surface area contributed by atoms with Gasteiger partial charge in [0.05, 0.1) is 5.69 Å². The van der Waals surface area contributed by atoms with E-state index >= 15 is 0 Å². The highest BCUT2D eigenvalue weighted by atomic mass is 19.3. The molecule has 4 heteroatoms. The molecule has 0 saturated carbocycles. The van der Waals surface area contributed by atoms with E-state index in [-0.39, 0.29) is 17.8 Å². The van der Waals surface area contributed by atoms with E-state index in [0.717, 1.165) is 0 Å². The van der Waals surface area contributed by atoms with Crippen LogP contribution in [0.5, 0.6) is 0 Å². The topological polar surface area (TPSA) is 38.9 Å². The Morgan fingerprint density at radius 2 is 2.17 bits per heavy atom. The number of nitrogens with zero attached hydrogens (tertiary/aromatic N) is 1. The van der Waals surface area contributed by atoms with Crippen molar-refractivity contribution < 1.29 is 8.78 Å². The van der Waals surface area contributed by atoms with Gasteiger partial charge in [-0.25, -0.2) is 8.78 Å². The number of hydrogen-bond donors (Lipinski definition) is 1. The SMILES string of the molecule is Cc1ccc(C(F)F)c(CN)n1. The lowest BCUT2D eigenvalue weighted by atomic mass is 10.2. The Bertz CT molecular complexity index is 274. The Hall–Kier alpha value is -1.03. The second-order valence-electron chi connectivity index (χ2n) is 2.49. The molecule has 0 bridgehead atoms. The van der Waals surface area contributed by atoms with E-state index in [1.807, 2.05) is 0 Å². The zero-order valence-electron chi connectivity index (χ0n) is 6.72. The number of halogens is 2. The first-order valence-electron chi connectivity index (χ1n) is 3.59. The quantitative estimate of drug-likeness (QED) is 0.738. The molecule has 66 valence electrons. The van der Waals surface area contributed by atoms with E-state index in [0.29, 0.717) is 5.69 Å². The Morgan fingerprint density at radius 3 is 2.67 bits per heavy atom. The molecular formula is C8H10F2N2. The molecule has 1 rings (SSSR count). The summed E-state index contributed by atoms with van der Waals surface area (Å²) in [6.45, 7) is 1.80. The van der Waals surface area contributed by atoms with Gasteiger partial charge in [0, 0.05) is 17.8 Å². The first-order valence-corrected chi connectivity index (χ1v) is 3.59. The summed E-state index contributed by atoms with van der Waals surface area (Å²) in [5, 5.41) is 0. The predicted molar refractivity (Wildman–Crippen MR) is 41.8 cm³/mol. The molecule has 0 spiro atoms. The van der Waals surface area contributed by atoms with Crippen LogP contribution in [0.25, 0.3) is 0 Å². The van der Waals surface area contributed by atoms with Crippen LogP contribution < -0.4 is 5.73 Å². The fourth-order valence-corrected chi connectivity index (χ4v) is 0.983. The smallest absolute Gasteiger partial charge is 0.265 e. The van der Waals surface area contributed by atoms with Crippen molar-refractivity contribution in [3.05, 3.63) is 29.1 Å². The van der Waals surface area contributed by atoms with Crippen LogP contribution in [-0.2, 0) is 6.54 Å². The first-order chi connectivity index (χ1) is 5.65. The maximum atomic E-state index is 12.3. The minimum absolute atomic E-state index is 0.0569. The van der Waals surface area contributed by atoms with Crippen molar-refractivity contribution in [1.82, 2.24) is 4.98 Å². The van der Waals surface area contributed by atoms with E-state index in [4.69, 9.17) is 5.73 Å². The average molecular weight is 172 g/mol. The van der Waals surface area contributed by atoms with Crippen molar-refractivity contribution in [3.8, 4) is 0 Å². The van der Waals surface area contributed by atoms with Gasteiger partial charge in [0.1, 0.15) is 0 Å². The fourth-order valence-electron chi connectivity index (χ4n) is 0.983. The average Bonchev–Trinajstić information content (AvgIpc) is 2.03. The second kappa shape index (κ2) is 3.58. The summed E-state index contributed by atoms with van der Waals surface area (Å²) in [7, 11) is 0. The fraction of sp³-hybridized carbons (Fsp3) is 0.375. The van der Waals surface area contributed by atoms with Gasteiger partial charge >= 0.3 is 0 Å². The van der Waals surface area contributed by atoms with Crippen LogP contribution in [0.2, 0.25) is 0 Å². The van der Waals surface area contributed by atoms with Crippen molar-refractivity contribution >= 4 is 0 Å². The molecule has 0 aliphatic carbocycles. The summed E-state index contributed by atoms with van der Waals surface area (Å²) in [6.07, 6.45) is -2.49. The summed E-state index contributed by atoms with van der Waals surface area (Å²) in [5.41, 5.74) is 6.19. The van der Waals surface area contributed by atoms with Crippen LogP contribution in [-0.4, -0.2) is 4.98 Å². The minimum atomic E-state index is -2.49. The Kier molecular flexibility index (Phi) is 2.70. The molecule has 1 heterocycles. The van der Waals surface area contributed by atoms with Crippen LogP contribution in [0.3, 0.4) is 0 Å². The van der Waals surface area contributed by atoms with Crippen molar-refractivity contribution in [2.75, 3.05) is 0 Å². The van der Waals surface area contributed by atoms with Crippen LogP contribution in [0, 0.1) is 6.92 Å². The minimum Gasteiger partial charge on any atom is -0.325 e. The van der Waals surface area contributed by atoms with Gasteiger partial charge < -0.3 is 5.73 Å². The molecule has 0 fully saturated rings. The van der Waals surface area contributed by atoms with Crippen molar-refractivity contribution in [3.63, 3.8) is 0 Å². The summed E-state index contributed by atoms with van der Waals surface area (Å²) < 4.78 is 24.5. The molecule has 0 aliphatic heterocycles. The summed E-state index contributed by atoms with van der Waals surface area (Å²) in [5.74, 6) is 0. The van der Waals surface area contributed by atoms with Crippen LogP contribution >= 0.6 is 0 Å². The van der Waals surface area contributed by atoms with Crippen molar-refractivity contribution in [2.24, 2.45) is 5.73 Å². The molecule has 2 nitrogen and oxygen atoms in total. The van der Waals surface area contributed by atoms with Crippen LogP contribution in [0.1, 0.15) is 23.4 Å². The molecule has 0 unspecified atom stereocenters. The Labute approximate surface area is 69.4 Å². The summed E-state index contributed by atoms with van der Waals surface area (Å²) in [6, 6.07) is 2.93. The van der Waals surface area contributed by atoms with Gasteiger partial charge in [0.2, 0.25) is 0 Å². The van der Waals surface area contributed by atoms with Gasteiger partial charge in [-0.3, -0.25) is 4.98 Å². The molecule has 2 N–H and O–H groups in total. The molecule has 0 saturated heterocycles. The maximum Gasteiger partial charge on any atom is 0.265 e. The largest absolute Gasteiger partial charge is 0.325 e. The van der Waals surface area contributed by atoms with Gasteiger partial charge in [0.15, 0.2) is 0 Å². The number of aryl methyl sites for hydroxylation is 1. The van der Waals surface area contributed by atoms with Crippen molar-refractivity contribution in [2.45, 2.75) is 19.9 Å². The normalized spacial score (nSPS) is 10.8. The number of hydrogen-bond acceptors (Lipinski definition) is 2. The van der Waals surface area contributed by atoms with E-state index in [2.05, 4.69) is 4.98 Å². The highest BCUT2D eigenvalue weighted by Gasteiger charge is 2.12. The van der Waals surface area contributed by atoms with Gasteiger partial charge in [0.25, 0.3) is 6.43 Å². The van der Waals surface area contributed by atoms with Gasteiger partial charge in [-0.1, -0.05) is 0 Å². The Balaban J connectivity index is 3.11. The molecule has 1 aromatic rings. The molecule has 1 aromatic heterocycles. The zero-order valence-corrected chi connectivity index (χ0v) is 6.72. The third-order valence-corrected chi connectivity index (χ3v) is 1.58. The number of pyridine rings is 1. The van der Waals surface area contributed by atoms with E-state index in [9.17, 15) is 8.78 Å². The predicted octanol–water partition coefficient (Wildman–Crippen LogP) is 1.79. The Morgan fingerprint density at radius 1 is 1.50 bits per heavy atom. The lowest BCUT2D eigenvalue weighted by Crippen LogP contribution is -2.05. The van der Waals surface area contributed by atoms with E-state index in [1.165, 1.54) is 6.07 Å². The number of aromatic nitrogens is 1. The first kappa shape index (κ1) is 9.06. The monoisotopic (exact) mass is 172 g/mol. The van der Waals surface area contributed by atoms with E-state index in [1.54, 1.807) is 13.0 Å². The molecule has 0 atom stereocenters. The standard InChI is InChI=1S/C8H10F2N2/c1-5-2-3-6(8(9)10)7(4-11)12-5/h2-3,8H,4,11H2,1H3. The third kappa shape index (κ3) is 1.76. The summed E-state index contributed by atoms with van der Waals surface area (Å²) >= 11 is 0. The number of alkyl halides is 2. The van der Waals surface area contributed by atoms with E-state index < -0.39 is 6.43 Å². The number of rotatable bonds is 2. The third-order valence-electron chi connectivity index (χ3n) is 1.58. The molecule has 0 amide bonds. The lowest BCUT2D eigenvalue weighted by molar-refractivity contribution is 0.149. The second-order valence-corrected chi connectivity index (χ2v) is 2.49. The van der Waals surface area contributed by atoms with Gasteiger partial charge in [-0.05, 0) is 19.1 Å². The lowest BCUT2D eigenvalue weighted by Gasteiger charge is -2.05. The molecule has 0 radical (unpaired) electrons. The zero-order chi connectivity index (χ0) is 9.14. The molecule has 0 aliphatic rings.